The van der Waals surface area contributed by atoms with Gasteiger partial charge in [-0.3, -0.25) is 0 Å². The Balaban J connectivity index is 2.23. The first-order chi connectivity index (χ1) is 8.99. The average molecular weight is 280 g/mol. The van der Waals surface area contributed by atoms with Gasteiger partial charge in [-0.2, -0.15) is 5.10 Å². The third-order valence-electron chi connectivity index (χ3n) is 3.11. The summed E-state index contributed by atoms with van der Waals surface area (Å²) in [5.41, 5.74) is 1.86. The normalized spacial score (nSPS) is 12.9. The topological polar surface area (TPSA) is 50.9 Å². The summed E-state index contributed by atoms with van der Waals surface area (Å²) >= 11 is 5.98. The molecule has 0 amide bonds. The molecule has 1 N–H and O–H groups in total. The molecular weight excluding hydrogens is 262 g/mol. The molecular formula is C14H18ClN3O. The Morgan fingerprint density at radius 2 is 2.11 bits per heavy atom. The van der Waals surface area contributed by atoms with Crippen LogP contribution in [0.5, 0.6) is 0 Å². The van der Waals surface area contributed by atoms with Crippen molar-refractivity contribution >= 4 is 11.6 Å². The van der Waals surface area contributed by atoms with E-state index in [9.17, 15) is 5.11 Å². The Bertz CT molecular complexity index is 566. The Morgan fingerprint density at radius 1 is 1.37 bits per heavy atom. The molecule has 0 fully saturated rings. The van der Waals surface area contributed by atoms with Gasteiger partial charge in [-0.05, 0) is 44.0 Å². The van der Waals surface area contributed by atoms with Crippen molar-refractivity contribution in [1.82, 2.24) is 14.8 Å². The minimum Gasteiger partial charge on any atom is -0.388 e. The lowest BCUT2D eigenvalue weighted by Crippen LogP contribution is -2.12. The van der Waals surface area contributed by atoms with Gasteiger partial charge in [-0.15, -0.1) is 0 Å². The molecule has 0 aliphatic heterocycles. The first-order valence-electron chi connectivity index (χ1n) is 6.31. The highest BCUT2D eigenvalue weighted by molar-refractivity contribution is 6.30. The van der Waals surface area contributed by atoms with E-state index in [1.807, 2.05) is 37.6 Å². The number of aromatic nitrogens is 3. The number of aryl methyl sites for hydroxylation is 1. The van der Waals surface area contributed by atoms with Gasteiger partial charge >= 0.3 is 0 Å². The van der Waals surface area contributed by atoms with Gasteiger partial charge in [0, 0.05) is 17.5 Å². The minimum absolute atomic E-state index is 0.227. The van der Waals surface area contributed by atoms with Crippen LogP contribution < -0.4 is 0 Å². The van der Waals surface area contributed by atoms with Gasteiger partial charge < -0.3 is 5.11 Å². The van der Waals surface area contributed by atoms with Crippen LogP contribution in [0.15, 0.2) is 24.5 Å². The SMILES string of the molecule is Cc1ccc(Cl)cc1C(O)Cc1ncnn1C(C)C. The molecule has 2 rings (SSSR count). The molecule has 0 aliphatic rings. The van der Waals surface area contributed by atoms with Crippen LogP contribution >= 0.6 is 11.6 Å². The second-order valence-corrected chi connectivity index (χ2v) is 5.37. The van der Waals surface area contributed by atoms with Crippen molar-refractivity contribution in [2.75, 3.05) is 0 Å². The minimum atomic E-state index is -0.625. The Kier molecular flexibility index (Phi) is 4.22. The van der Waals surface area contributed by atoms with Gasteiger partial charge in [-0.25, -0.2) is 9.67 Å². The largest absolute Gasteiger partial charge is 0.388 e. The summed E-state index contributed by atoms with van der Waals surface area (Å²) in [6.07, 6.45) is 1.33. The molecule has 1 atom stereocenters. The molecule has 5 heteroatoms. The predicted octanol–water partition coefficient (Wildman–Crippen LogP) is 3.10. The van der Waals surface area contributed by atoms with Crippen molar-refractivity contribution in [2.24, 2.45) is 0 Å². The number of rotatable bonds is 4. The Morgan fingerprint density at radius 3 is 2.79 bits per heavy atom. The van der Waals surface area contributed by atoms with Crippen molar-refractivity contribution in [3.8, 4) is 0 Å². The maximum absolute atomic E-state index is 10.4. The van der Waals surface area contributed by atoms with Crippen molar-refractivity contribution in [1.29, 1.82) is 0 Å². The van der Waals surface area contributed by atoms with Crippen molar-refractivity contribution in [2.45, 2.75) is 39.3 Å². The molecule has 1 aromatic heterocycles. The van der Waals surface area contributed by atoms with E-state index in [4.69, 9.17) is 11.6 Å². The maximum Gasteiger partial charge on any atom is 0.138 e. The summed E-state index contributed by atoms with van der Waals surface area (Å²) < 4.78 is 1.82. The summed E-state index contributed by atoms with van der Waals surface area (Å²) in [5.74, 6) is 0.780. The standard InChI is InChI=1S/C14H18ClN3O/c1-9(2)18-14(16-8-17-18)7-13(19)12-6-11(15)5-4-10(12)3/h4-6,8-9,13,19H,7H2,1-3H3. The number of halogens is 1. The number of hydrogen-bond acceptors (Lipinski definition) is 3. The highest BCUT2D eigenvalue weighted by Crippen LogP contribution is 2.24. The molecule has 0 spiro atoms. The van der Waals surface area contributed by atoms with Crippen molar-refractivity contribution in [3.63, 3.8) is 0 Å². The molecule has 0 saturated carbocycles. The van der Waals surface area contributed by atoms with E-state index in [1.165, 1.54) is 6.33 Å². The van der Waals surface area contributed by atoms with Crippen LogP contribution in [0.3, 0.4) is 0 Å². The van der Waals surface area contributed by atoms with Gasteiger partial charge in [0.15, 0.2) is 0 Å². The molecule has 0 aliphatic carbocycles. The zero-order valence-electron chi connectivity index (χ0n) is 11.3. The molecule has 19 heavy (non-hydrogen) atoms. The Hall–Kier alpha value is -1.39. The van der Waals surface area contributed by atoms with E-state index in [-0.39, 0.29) is 6.04 Å². The third-order valence-corrected chi connectivity index (χ3v) is 3.35. The van der Waals surface area contributed by atoms with E-state index in [2.05, 4.69) is 10.1 Å². The third kappa shape index (κ3) is 3.14. The fourth-order valence-corrected chi connectivity index (χ4v) is 2.29. The highest BCUT2D eigenvalue weighted by Gasteiger charge is 2.16. The molecule has 1 heterocycles. The van der Waals surface area contributed by atoms with E-state index in [1.54, 1.807) is 6.07 Å². The van der Waals surface area contributed by atoms with E-state index in [0.717, 1.165) is 17.0 Å². The van der Waals surface area contributed by atoms with Crippen LogP contribution in [0.4, 0.5) is 0 Å². The zero-order chi connectivity index (χ0) is 14.0. The second kappa shape index (κ2) is 5.72. The van der Waals surface area contributed by atoms with Gasteiger partial charge in [0.05, 0.1) is 6.10 Å². The van der Waals surface area contributed by atoms with Gasteiger partial charge in [0.2, 0.25) is 0 Å². The summed E-state index contributed by atoms with van der Waals surface area (Å²) in [6.45, 7) is 6.03. The molecule has 102 valence electrons. The molecule has 4 nitrogen and oxygen atoms in total. The lowest BCUT2D eigenvalue weighted by atomic mass is 10.0. The summed E-state index contributed by atoms with van der Waals surface area (Å²) in [5, 5.41) is 15.2. The van der Waals surface area contributed by atoms with Crippen LogP contribution in [0.1, 0.15) is 42.9 Å². The van der Waals surface area contributed by atoms with Crippen LogP contribution in [0, 0.1) is 6.92 Å². The molecule has 0 radical (unpaired) electrons. The van der Waals surface area contributed by atoms with Crippen molar-refractivity contribution < 1.29 is 5.11 Å². The van der Waals surface area contributed by atoms with Gasteiger partial charge in [0.25, 0.3) is 0 Å². The highest BCUT2D eigenvalue weighted by atomic mass is 35.5. The zero-order valence-corrected chi connectivity index (χ0v) is 12.1. The van der Waals surface area contributed by atoms with E-state index in [0.29, 0.717) is 11.4 Å². The first kappa shape index (κ1) is 14.0. The number of benzene rings is 1. The molecule has 2 aromatic rings. The fourth-order valence-electron chi connectivity index (χ4n) is 2.10. The van der Waals surface area contributed by atoms with Crippen LogP contribution in [-0.2, 0) is 6.42 Å². The van der Waals surface area contributed by atoms with E-state index >= 15 is 0 Å². The summed E-state index contributed by atoms with van der Waals surface area (Å²) in [6, 6.07) is 5.76. The first-order valence-corrected chi connectivity index (χ1v) is 6.69. The molecule has 0 saturated heterocycles. The molecule has 1 aromatic carbocycles. The molecule has 0 bridgehead atoms. The van der Waals surface area contributed by atoms with Crippen LogP contribution in [0.2, 0.25) is 5.02 Å². The summed E-state index contributed by atoms with van der Waals surface area (Å²) in [7, 11) is 0. The van der Waals surface area contributed by atoms with Gasteiger partial charge in [0.1, 0.15) is 12.2 Å². The second-order valence-electron chi connectivity index (χ2n) is 4.94. The van der Waals surface area contributed by atoms with Crippen molar-refractivity contribution in [3.05, 3.63) is 46.5 Å². The number of hydrogen-bond donors (Lipinski definition) is 1. The van der Waals surface area contributed by atoms with Crippen LogP contribution in [-0.4, -0.2) is 19.9 Å². The fraction of sp³-hybridized carbons (Fsp3) is 0.429. The lowest BCUT2D eigenvalue weighted by molar-refractivity contribution is 0.172. The van der Waals surface area contributed by atoms with Gasteiger partial charge in [-0.1, -0.05) is 17.7 Å². The lowest BCUT2D eigenvalue weighted by Gasteiger charge is -2.15. The summed E-state index contributed by atoms with van der Waals surface area (Å²) in [4.78, 5) is 4.21. The Labute approximate surface area is 118 Å². The number of aliphatic hydroxyl groups is 1. The quantitative estimate of drug-likeness (QED) is 0.936. The number of aliphatic hydroxyl groups excluding tert-OH is 1. The smallest absolute Gasteiger partial charge is 0.138 e. The maximum atomic E-state index is 10.4. The number of nitrogens with zero attached hydrogens (tertiary/aromatic N) is 3. The molecule has 1 unspecified atom stereocenters. The predicted molar refractivity (Wildman–Crippen MR) is 75.3 cm³/mol. The van der Waals surface area contributed by atoms with E-state index < -0.39 is 6.10 Å². The average Bonchev–Trinajstić information content (AvgIpc) is 2.80. The van der Waals surface area contributed by atoms with Crippen LogP contribution in [0.25, 0.3) is 0 Å². The monoisotopic (exact) mass is 279 g/mol.